The number of rotatable bonds is 5. The third-order valence-electron chi connectivity index (χ3n) is 3.32. The highest BCUT2D eigenvalue weighted by molar-refractivity contribution is 5.87. The van der Waals surface area contributed by atoms with Crippen molar-refractivity contribution in [2.24, 2.45) is 11.5 Å². The molecule has 1 unspecified atom stereocenters. The SMILES string of the molecule is Cl.N=C(N)NC1=CC=CN(Cc2ccc(C(=O)O)cc2)C1NC(=N)N. The van der Waals surface area contributed by atoms with Crippen LogP contribution in [0, 0.1) is 10.8 Å². The molecule has 0 bridgehead atoms. The average Bonchev–Trinajstić information content (AvgIpc) is 2.50. The molecule has 0 spiro atoms. The molecule has 1 aliphatic heterocycles. The van der Waals surface area contributed by atoms with E-state index in [4.69, 9.17) is 27.4 Å². The molecule has 0 saturated carbocycles. The standard InChI is InChI=1S/C15H19N7O2.ClH/c16-14(17)20-11-2-1-7-22(12(11)21-15(18)19)8-9-3-5-10(6-4-9)13(23)24;/h1-7,12H,8H2,(H,23,24)(H4,16,17,20)(H4,18,19,21);1H. The molecule has 1 aromatic carbocycles. The molecule has 25 heavy (non-hydrogen) atoms. The van der Waals surface area contributed by atoms with Gasteiger partial charge in [-0.1, -0.05) is 12.1 Å². The summed E-state index contributed by atoms with van der Waals surface area (Å²) in [4.78, 5) is 12.8. The molecule has 2 rings (SSSR count). The van der Waals surface area contributed by atoms with Gasteiger partial charge in [0, 0.05) is 12.7 Å². The monoisotopic (exact) mass is 365 g/mol. The van der Waals surface area contributed by atoms with E-state index in [0.29, 0.717) is 12.2 Å². The summed E-state index contributed by atoms with van der Waals surface area (Å²) in [6.07, 6.45) is 4.80. The Morgan fingerprint density at radius 3 is 2.36 bits per heavy atom. The van der Waals surface area contributed by atoms with Crippen LogP contribution in [-0.4, -0.2) is 34.1 Å². The molecule has 0 fully saturated rings. The molecule has 0 aromatic heterocycles. The second-order valence-electron chi connectivity index (χ2n) is 5.14. The van der Waals surface area contributed by atoms with Crippen LogP contribution in [-0.2, 0) is 6.54 Å². The highest BCUT2D eigenvalue weighted by Gasteiger charge is 2.23. The van der Waals surface area contributed by atoms with Crippen LogP contribution < -0.4 is 22.1 Å². The Hall–Kier alpha value is -3.20. The number of allylic oxidation sites excluding steroid dienone is 2. The van der Waals surface area contributed by atoms with E-state index >= 15 is 0 Å². The summed E-state index contributed by atoms with van der Waals surface area (Å²) in [6.45, 7) is 0.443. The molecule has 9 N–H and O–H groups in total. The number of hydrogen-bond donors (Lipinski definition) is 7. The fourth-order valence-electron chi connectivity index (χ4n) is 2.29. The van der Waals surface area contributed by atoms with E-state index in [9.17, 15) is 4.79 Å². The number of nitrogens with one attached hydrogen (secondary N) is 4. The van der Waals surface area contributed by atoms with Crippen LogP contribution in [0.5, 0.6) is 0 Å². The Labute approximate surface area is 150 Å². The lowest BCUT2D eigenvalue weighted by atomic mass is 10.1. The number of nitrogens with two attached hydrogens (primary N) is 2. The molecule has 10 heteroatoms. The van der Waals surface area contributed by atoms with Crippen molar-refractivity contribution in [2.45, 2.75) is 12.7 Å². The summed E-state index contributed by atoms with van der Waals surface area (Å²) in [5, 5.41) is 29.3. The molecule has 1 atom stereocenters. The van der Waals surface area contributed by atoms with Gasteiger partial charge in [-0.15, -0.1) is 12.4 Å². The van der Waals surface area contributed by atoms with E-state index in [1.54, 1.807) is 30.5 Å². The molecular formula is C15H20ClN7O2. The Morgan fingerprint density at radius 1 is 1.20 bits per heavy atom. The van der Waals surface area contributed by atoms with Crippen molar-refractivity contribution >= 4 is 30.3 Å². The topological polar surface area (TPSA) is 164 Å². The van der Waals surface area contributed by atoms with Crippen LogP contribution in [0.1, 0.15) is 15.9 Å². The number of carboxylic acids is 1. The second kappa shape index (κ2) is 8.60. The molecule has 1 aliphatic rings. The predicted molar refractivity (Wildman–Crippen MR) is 97.3 cm³/mol. The van der Waals surface area contributed by atoms with Gasteiger partial charge in [0.05, 0.1) is 11.3 Å². The van der Waals surface area contributed by atoms with Crippen LogP contribution in [0.4, 0.5) is 0 Å². The number of halogens is 1. The van der Waals surface area contributed by atoms with Crippen molar-refractivity contribution in [1.29, 1.82) is 10.8 Å². The number of carboxylic acid groups (broad SMARTS) is 1. The maximum atomic E-state index is 10.9. The van der Waals surface area contributed by atoms with Crippen molar-refractivity contribution in [3.05, 3.63) is 59.4 Å². The largest absolute Gasteiger partial charge is 0.478 e. The smallest absolute Gasteiger partial charge is 0.335 e. The Kier molecular flexibility index (Phi) is 6.82. The first-order chi connectivity index (χ1) is 11.4. The van der Waals surface area contributed by atoms with Gasteiger partial charge in [-0.2, -0.15) is 0 Å². The predicted octanol–water partition coefficient (Wildman–Crippen LogP) is 0.312. The highest BCUT2D eigenvalue weighted by atomic mass is 35.5. The Bertz CT molecular complexity index is 715. The first-order valence-electron chi connectivity index (χ1n) is 7.05. The summed E-state index contributed by atoms with van der Waals surface area (Å²) in [7, 11) is 0. The Morgan fingerprint density at radius 2 is 1.84 bits per heavy atom. The van der Waals surface area contributed by atoms with E-state index in [1.165, 1.54) is 12.1 Å². The first kappa shape index (κ1) is 19.8. The maximum absolute atomic E-state index is 10.9. The van der Waals surface area contributed by atoms with Gasteiger partial charge < -0.3 is 32.1 Å². The van der Waals surface area contributed by atoms with Crippen LogP contribution in [0.15, 0.2) is 48.3 Å². The number of hydrogen-bond acceptors (Lipinski definition) is 4. The summed E-state index contributed by atoms with van der Waals surface area (Å²) in [5.74, 6) is -1.43. The molecule has 0 amide bonds. The van der Waals surface area contributed by atoms with Crippen molar-refractivity contribution in [3.63, 3.8) is 0 Å². The number of benzene rings is 1. The van der Waals surface area contributed by atoms with Crippen LogP contribution >= 0.6 is 12.4 Å². The number of nitrogens with zero attached hydrogens (tertiary/aromatic N) is 1. The van der Waals surface area contributed by atoms with Gasteiger partial charge in [0.2, 0.25) is 0 Å². The highest BCUT2D eigenvalue weighted by Crippen LogP contribution is 2.17. The van der Waals surface area contributed by atoms with Crippen molar-refractivity contribution < 1.29 is 9.90 Å². The van der Waals surface area contributed by atoms with Crippen LogP contribution in [0.3, 0.4) is 0 Å². The summed E-state index contributed by atoms with van der Waals surface area (Å²) in [6, 6.07) is 6.50. The minimum absolute atomic E-state index is 0. The molecular weight excluding hydrogens is 346 g/mol. The lowest BCUT2D eigenvalue weighted by Gasteiger charge is -2.35. The minimum atomic E-state index is -0.980. The fourth-order valence-corrected chi connectivity index (χ4v) is 2.29. The zero-order valence-electron chi connectivity index (χ0n) is 13.2. The van der Waals surface area contributed by atoms with E-state index in [0.717, 1.165) is 5.56 Å². The van der Waals surface area contributed by atoms with E-state index < -0.39 is 12.1 Å². The van der Waals surface area contributed by atoms with Gasteiger partial charge >= 0.3 is 5.97 Å². The van der Waals surface area contributed by atoms with Crippen molar-refractivity contribution in [2.75, 3.05) is 0 Å². The summed E-state index contributed by atoms with van der Waals surface area (Å²) in [5.41, 5.74) is 12.5. The van der Waals surface area contributed by atoms with Crippen LogP contribution in [0.25, 0.3) is 0 Å². The van der Waals surface area contributed by atoms with Crippen molar-refractivity contribution in [3.8, 4) is 0 Å². The lowest BCUT2D eigenvalue weighted by molar-refractivity contribution is 0.0697. The molecule has 1 heterocycles. The van der Waals surface area contributed by atoms with Gasteiger partial charge in [-0.3, -0.25) is 10.8 Å². The molecule has 1 aromatic rings. The average molecular weight is 366 g/mol. The Balaban J connectivity index is 0.00000312. The molecule has 0 saturated heterocycles. The molecule has 134 valence electrons. The van der Waals surface area contributed by atoms with Gasteiger partial charge in [0.1, 0.15) is 6.17 Å². The van der Waals surface area contributed by atoms with E-state index in [-0.39, 0.29) is 29.9 Å². The second-order valence-corrected chi connectivity index (χ2v) is 5.14. The number of aromatic carboxylic acids is 1. The van der Waals surface area contributed by atoms with Gasteiger partial charge in [0.15, 0.2) is 11.9 Å². The van der Waals surface area contributed by atoms with E-state index in [2.05, 4.69) is 10.6 Å². The summed E-state index contributed by atoms with van der Waals surface area (Å²) < 4.78 is 0. The maximum Gasteiger partial charge on any atom is 0.335 e. The molecule has 9 nitrogen and oxygen atoms in total. The minimum Gasteiger partial charge on any atom is -0.478 e. The van der Waals surface area contributed by atoms with Crippen LogP contribution in [0.2, 0.25) is 0 Å². The quantitative estimate of drug-likeness (QED) is 0.291. The lowest BCUT2D eigenvalue weighted by Crippen LogP contribution is -2.53. The fraction of sp³-hybridized carbons (Fsp3) is 0.133. The number of guanidine groups is 2. The van der Waals surface area contributed by atoms with Gasteiger partial charge in [0.25, 0.3) is 0 Å². The normalized spacial score (nSPS) is 15.6. The molecule has 0 radical (unpaired) electrons. The zero-order valence-corrected chi connectivity index (χ0v) is 14.0. The third-order valence-corrected chi connectivity index (χ3v) is 3.32. The van der Waals surface area contributed by atoms with Gasteiger partial charge in [-0.05, 0) is 29.8 Å². The van der Waals surface area contributed by atoms with Crippen molar-refractivity contribution in [1.82, 2.24) is 15.5 Å². The zero-order chi connectivity index (χ0) is 17.7. The molecule has 0 aliphatic carbocycles. The van der Waals surface area contributed by atoms with E-state index in [1.807, 2.05) is 4.90 Å². The third kappa shape index (κ3) is 5.43. The summed E-state index contributed by atoms with van der Waals surface area (Å²) >= 11 is 0. The van der Waals surface area contributed by atoms with Gasteiger partial charge in [-0.25, -0.2) is 4.79 Å². The first-order valence-corrected chi connectivity index (χ1v) is 7.05. The number of carbonyl (C=O) groups is 1.